The topological polar surface area (TPSA) is 264 Å². The van der Waals surface area contributed by atoms with E-state index in [1.165, 1.54) is 16.7 Å². The largest absolute Gasteiger partial charge is 0.351 e. The van der Waals surface area contributed by atoms with E-state index in [-0.39, 0.29) is 34.0 Å². The molecule has 3 amide bonds. The predicted octanol–water partition coefficient (Wildman–Crippen LogP) is 14.8. The summed E-state index contributed by atoms with van der Waals surface area (Å²) in [6, 6.07) is 53.0. The Labute approximate surface area is 641 Å². The molecule has 109 heavy (non-hydrogen) atoms. The highest BCUT2D eigenvalue weighted by atomic mass is 79.9. The molecule has 0 radical (unpaired) electrons. The van der Waals surface area contributed by atoms with Crippen LogP contribution in [0.4, 0.5) is 0 Å². The number of carbonyl (C=O) groups is 3. The third-order valence-corrected chi connectivity index (χ3v) is 17.9. The molecule has 0 aliphatic carbocycles. The van der Waals surface area contributed by atoms with Crippen molar-refractivity contribution in [1.29, 1.82) is 0 Å². The van der Waals surface area contributed by atoms with Gasteiger partial charge in [-0.05, 0) is 128 Å². The Balaban J connectivity index is 0.000000145. The molecule has 0 atom stereocenters. The molecule has 6 aromatic carbocycles. The predicted molar refractivity (Wildman–Crippen MR) is 433 cm³/mol. The van der Waals surface area contributed by atoms with Crippen molar-refractivity contribution in [3.63, 3.8) is 0 Å². The third-order valence-electron chi connectivity index (χ3n) is 17.5. The minimum Gasteiger partial charge on any atom is -0.351 e. The second-order valence-electron chi connectivity index (χ2n) is 29.6. The molecule has 0 bridgehead atoms. The molecule has 9 aromatic heterocycles. The summed E-state index contributed by atoms with van der Waals surface area (Å²) < 4.78 is 6.44. The number of para-hydroxylation sites is 6. The highest BCUT2D eigenvalue weighted by Gasteiger charge is 2.28. The van der Waals surface area contributed by atoms with E-state index in [2.05, 4.69) is 184 Å². The Hall–Kier alpha value is -12.8. The first-order valence-electron chi connectivity index (χ1n) is 35.9. The van der Waals surface area contributed by atoms with Crippen LogP contribution in [0.2, 0.25) is 0 Å². The van der Waals surface area contributed by atoms with Gasteiger partial charge < -0.3 is 30.9 Å². The molecule has 0 aliphatic rings. The number of hydrogen-bond acceptors (Lipinski definition) is 12. The number of nitrogens with zero attached hydrogens (tertiary/aromatic N) is 12. The number of halogens is 1. The van der Waals surface area contributed by atoms with Gasteiger partial charge in [0.15, 0.2) is 16.9 Å². The Kier molecular flexibility index (Phi) is 22.9. The number of rotatable bonds is 12. The van der Waals surface area contributed by atoms with E-state index in [0.717, 1.165) is 100 Å². The molecule has 9 heterocycles. The lowest BCUT2D eigenvalue weighted by Crippen LogP contribution is -2.27. The SMILES string of the molecule is C#Cc1ccc(C)cc1.CC(C)(C)c1nnc2c(C(=O)NCCc3nc4ccccc4[nH]3)cc(Br)cn12.Cc1ccc(C#Cc2cc(C(=O)NCCc3nc4ccccc4[nH]3)c3nnc(C(C)(C)C)n3c2)cc1.Cc1ccc(C#Cc2cc(C(=O)NCCc3nc4ccccc4[nH]3)c3nnc(C(C)(C)C)n3c2)cc1. The van der Waals surface area contributed by atoms with Crippen LogP contribution in [0.3, 0.4) is 0 Å². The molecule has 15 aromatic rings. The summed E-state index contributed by atoms with van der Waals surface area (Å²) >= 11 is 3.49. The Bertz CT molecular complexity index is 5660. The van der Waals surface area contributed by atoms with Crippen LogP contribution in [0.5, 0.6) is 0 Å². The second-order valence-corrected chi connectivity index (χ2v) is 30.5. The van der Waals surface area contributed by atoms with E-state index < -0.39 is 0 Å². The van der Waals surface area contributed by atoms with Crippen molar-refractivity contribution in [2.24, 2.45) is 0 Å². The minimum absolute atomic E-state index is 0.185. The van der Waals surface area contributed by atoms with Gasteiger partial charge in [-0.25, -0.2) is 15.0 Å². The molecule has 15 rings (SSSR count). The van der Waals surface area contributed by atoms with Crippen LogP contribution < -0.4 is 16.0 Å². The monoisotopic (exact) mass is 1510 g/mol. The number of amides is 3. The first-order chi connectivity index (χ1) is 52.2. The lowest BCUT2D eigenvalue weighted by atomic mass is 9.95. The number of fused-ring (bicyclic) bond motifs is 6. The van der Waals surface area contributed by atoms with E-state index in [0.29, 0.717) is 72.5 Å². The maximum atomic E-state index is 13.3. The number of aromatic amines is 3. The van der Waals surface area contributed by atoms with Crippen molar-refractivity contribution >= 4 is 83.7 Å². The molecule has 0 spiro atoms. The summed E-state index contributed by atoms with van der Waals surface area (Å²) in [5, 5.41) is 35.0. The molecule has 0 saturated carbocycles. The Morgan fingerprint density at radius 3 is 1.00 bits per heavy atom. The van der Waals surface area contributed by atoms with Crippen molar-refractivity contribution < 1.29 is 14.4 Å². The van der Waals surface area contributed by atoms with Gasteiger partial charge >= 0.3 is 0 Å². The van der Waals surface area contributed by atoms with Crippen molar-refractivity contribution in [2.45, 2.75) is 119 Å². The van der Waals surface area contributed by atoms with Crippen molar-refractivity contribution in [2.75, 3.05) is 19.6 Å². The second kappa shape index (κ2) is 32.9. The van der Waals surface area contributed by atoms with Crippen LogP contribution in [-0.2, 0) is 35.5 Å². The van der Waals surface area contributed by atoms with Gasteiger partial charge in [-0.1, -0.05) is 181 Å². The smallest absolute Gasteiger partial charge is 0.255 e. The average Bonchev–Trinajstić information content (AvgIpc) is 1.65. The van der Waals surface area contributed by atoms with E-state index in [4.69, 9.17) is 6.42 Å². The van der Waals surface area contributed by atoms with E-state index in [1.54, 1.807) is 18.2 Å². The minimum atomic E-state index is -0.253. The molecular formula is C87H85BrN18O3. The van der Waals surface area contributed by atoms with Gasteiger partial charge in [0.1, 0.15) is 34.9 Å². The van der Waals surface area contributed by atoms with Crippen LogP contribution in [0.1, 0.15) is 173 Å². The highest BCUT2D eigenvalue weighted by Crippen LogP contribution is 2.28. The van der Waals surface area contributed by atoms with Crippen molar-refractivity contribution in [3.05, 3.63) is 283 Å². The first-order valence-corrected chi connectivity index (χ1v) is 36.7. The van der Waals surface area contributed by atoms with Gasteiger partial charge in [0.2, 0.25) is 0 Å². The summed E-state index contributed by atoms with van der Waals surface area (Å²) in [5.41, 5.74) is 15.8. The molecule has 0 saturated heterocycles. The molecule has 6 N–H and O–H groups in total. The number of aryl methyl sites for hydroxylation is 3. The molecule has 21 nitrogen and oxygen atoms in total. The lowest BCUT2D eigenvalue weighted by molar-refractivity contribution is 0.0946. The van der Waals surface area contributed by atoms with Gasteiger partial charge in [0.25, 0.3) is 17.7 Å². The number of pyridine rings is 3. The van der Waals surface area contributed by atoms with Crippen molar-refractivity contribution in [3.8, 4) is 36.0 Å². The maximum Gasteiger partial charge on any atom is 0.255 e. The lowest BCUT2D eigenvalue weighted by Gasteiger charge is -2.16. The molecule has 0 aliphatic heterocycles. The fraction of sp³-hybridized carbons (Fsp3) is 0.241. The average molecular weight is 1510 g/mol. The number of imidazole rings is 3. The van der Waals surface area contributed by atoms with E-state index in [9.17, 15) is 14.4 Å². The molecule has 548 valence electrons. The fourth-order valence-electron chi connectivity index (χ4n) is 11.9. The molecular weight excluding hydrogens is 1420 g/mol. The maximum absolute atomic E-state index is 13.3. The zero-order valence-electron chi connectivity index (χ0n) is 63.1. The zero-order valence-corrected chi connectivity index (χ0v) is 64.7. The normalized spacial score (nSPS) is 11.3. The molecule has 22 heteroatoms. The van der Waals surface area contributed by atoms with Crippen LogP contribution >= 0.6 is 15.9 Å². The first kappa shape index (κ1) is 75.8. The number of benzene rings is 6. The molecule has 0 fully saturated rings. The number of terminal acetylenes is 1. The van der Waals surface area contributed by atoms with Gasteiger partial charge in [-0.15, -0.1) is 37.0 Å². The summed E-state index contributed by atoms with van der Waals surface area (Å²) in [5.74, 6) is 19.6. The van der Waals surface area contributed by atoms with Gasteiger partial charge in [-0.2, -0.15) is 0 Å². The number of carbonyl (C=O) groups excluding carboxylic acids is 3. The van der Waals surface area contributed by atoms with Gasteiger partial charge in [0, 0.05) is 106 Å². The van der Waals surface area contributed by atoms with Gasteiger partial charge in [-0.3, -0.25) is 27.6 Å². The van der Waals surface area contributed by atoms with Crippen molar-refractivity contribution in [1.82, 2.24) is 89.6 Å². The Morgan fingerprint density at radius 1 is 0.394 bits per heavy atom. The number of nitrogens with one attached hydrogen (secondary N) is 6. The van der Waals surface area contributed by atoms with Gasteiger partial charge in [0.05, 0.1) is 49.8 Å². The highest BCUT2D eigenvalue weighted by molar-refractivity contribution is 9.10. The fourth-order valence-corrected chi connectivity index (χ4v) is 12.3. The number of aromatic nitrogens is 15. The third kappa shape index (κ3) is 18.9. The Morgan fingerprint density at radius 2 is 0.688 bits per heavy atom. The van der Waals surface area contributed by atoms with Crippen LogP contribution in [-0.4, -0.2) is 111 Å². The van der Waals surface area contributed by atoms with E-state index >= 15 is 0 Å². The van der Waals surface area contributed by atoms with Crippen LogP contribution in [0.15, 0.2) is 187 Å². The summed E-state index contributed by atoms with van der Waals surface area (Å²) in [4.78, 5) is 62.9. The summed E-state index contributed by atoms with van der Waals surface area (Å²) in [6.45, 7) is 26.1. The zero-order chi connectivity index (χ0) is 77.2. The van der Waals surface area contributed by atoms with E-state index in [1.807, 2.05) is 198 Å². The number of hydrogen-bond donors (Lipinski definition) is 6. The van der Waals surface area contributed by atoms with Crippen LogP contribution in [0, 0.1) is 56.8 Å². The summed E-state index contributed by atoms with van der Waals surface area (Å²) in [6.07, 6.45) is 12.6. The van der Waals surface area contributed by atoms with Crippen LogP contribution in [0.25, 0.3) is 50.0 Å². The summed E-state index contributed by atoms with van der Waals surface area (Å²) in [7, 11) is 0. The molecule has 0 unspecified atom stereocenters. The number of H-pyrrole nitrogens is 3. The standard InChI is InChI=1S/2C29H28N6O.C20H21BrN6O.C9H8/c2*1-19-9-11-20(12-10-19)13-14-21-17-22(26-33-34-28(29(2,3)4)35(26)18-21)27(36)30-16-15-25-31-23-7-5-6-8-24(23)32-25;1-20(2,3)19-26-25-17-13(10-12(21)11-27(17)19)18(28)22-9-8-16-23-14-6-4-5-7-15(14)24-16;1-3-9-6-4-8(2)5-7-9/h2*5-12,17-18H,15-16H2,1-4H3,(H,30,36)(H,31,32);4-7,10-11H,8-9H2,1-3H3,(H,22,28)(H,23,24);1,4-7H,2H3. The quantitative estimate of drug-likeness (QED) is 0.0624.